The molecule has 13 heteroatoms. The van der Waals surface area contributed by atoms with Crippen molar-refractivity contribution < 1.29 is 31.1 Å². The van der Waals surface area contributed by atoms with E-state index in [0.29, 0.717) is 0 Å². The number of rotatable bonds is 5. The Balaban J connectivity index is 1.58. The summed E-state index contributed by atoms with van der Waals surface area (Å²) in [6.07, 6.45) is 1.33. The van der Waals surface area contributed by atoms with Crippen LogP contribution in [0.3, 0.4) is 0 Å². The van der Waals surface area contributed by atoms with E-state index in [9.17, 15) is 26.4 Å². The number of hydrogen-bond donors (Lipinski definition) is 2. The second-order valence-electron chi connectivity index (χ2n) is 5.77. The smallest absolute Gasteiger partial charge is 0.387 e. The van der Waals surface area contributed by atoms with Gasteiger partial charge in [-0.1, -0.05) is 0 Å². The van der Waals surface area contributed by atoms with Crippen LogP contribution in [0, 0.1) is 5.82 Å². The second kappa shape index (κ2) is 8.06. The summed E-state index contributed by atoms with van der Waals surface area (Å²) < 4.78 is 68.0. The number of aromatic nitrogens is 2. The molecule has 1 saturated heterocycles. The predicted octanol–water partition coefficient (Wildman–Crippen LogP) is 1.69. The first-order chi connectivity index (χ1) is 13.3. The van der Waals surface area contributed by atoms with E-state index in [4.69, 9.17) is 0 Å². The van der Waals surface area contributed by atoms with Gasteiger partial charge >= 0.3 is 12.6 Å². The number of sulfonamides is 1. The van der Waals surface area contributed by atoms with Crippen LogP contribution in [0.1, 0.15) is 0 Å². The summed E-state index contributed by atoms with van der Waals surface area (Å²) in [6, 6.07) is 3.82. The van der Waals surface area contributed by atoms with Gasteiger partial charge in [0.05, 0.1) is 6.20 Å². The van der Waals surface area contributed by atoms with E-state index in [1.54, 1.807) is 0 Å². The quantitative estimate of drug-likeness (QED) is 0.767. The zero-order valence-corrected chi connectivity index (χ0v) is 15.1. The van der Waals surface area contributed by atoms with Crippen molar-refractivity contribution in [1.29, 1.82) is 0 Å². The number of piperazine rings is 1. The number of carbonyl (C=O) groups excluding carboxylic acids is 1. The number of hydrogen-bond acceptors (Lipinski definition) is 5. The molecular weight excluding hydrogens is 403 g/mol. The Bertz CT molecular complexity index is 931. The molecule has 0 aliphatic carbocycles. The fraction of sp³-hybridized carbons (Fsp3) is 0.333. The number of nitrogens with one attached hydrogen (secondary N) is 2. The Morgan fingerprint density at radius 3 is 2.50 bits per heavy atom. The van der Waals surface area contributed by atoms with Crippen molar-refractivity contribution in [3.8, 4) is 5.75 Å². The first-order valence-electron chi connectivity index (χ1n) is 8.07. The third kappa shape index (κ3) is 4.36. The molecule has 2 heterocycles. The minimum Gasteiger partial charge on any atom is -0.432 e. The second-order valence-corrected chi connectivity index (χ2v) is 7.67. The van der Waals surface area contributed by atoms with Crippen LogP contribution in [0.25, 0.3) is 0 Å². The summed E-state index contributed by atoms with van der Waals surface area (Å²) in [5, 5.41) is 8.41. The minimum atomic E-state index is -3.71. The Labute approximate surface area is 158 Å². The maximum Gasteiger partial charge on any atom is 0.387 e. The number of nitrogens with zero attached hydrogens (tertiary/aromatic N) is 3. The largest absolute Gasteiger partial charge is 0.432 e. The van der Waals surface area contributed by atoms with E-state index in [1.165, 1.54) is 27.5 Å². The Kier molecular flexibility index (Phi) is 5.74. The van der Waals surface area contributed by atoms with Gasteiger partial charge in [-0.15, -0.1) is 0 Å². The van der Waals surface area contributed by atoms with Crippen molar-refractivity contribution in [3.05, 3.63) is 36.3 Å². The van der Waals surface area contributed by atoms with Crippen LogP contribution in [0.4, 0.5) is 23.7 Å². The Morgan fingerprint density at radius 1 is 1.21 bits per heavy atom. The number of amides is 2. The normalized spacial score (nSPS) is 15.6. The summed E-state index contributed by atoms with van der Waals surface area (Å²) in [5.74, 6) is -1.68. The standard InChI is InChI=1S/C15H16F3N5O4S/c16-11-9-10(1-2-12(11)27-14(17)18)20-15(24)22-5-7-23(8-6-22)28(25,26)13-3-4-19-21-13/h1-4,9,14H,5-8H2,(H,19,21)(H,20,24). The number of carbonyl (C=O) groups is 1. The molecule has 1 aliphatic heterocycles. The van der Waals surface area contributed by atoms with Crippen LogP contribution in [-0.4, -0.2) is 66.6 Å². The first kappa shape index (κ1) is 19.9. The van der Waals surface area contributed by atoms with E-state index >= 15 is 0 Å². The number of benzene rings is 1. The fourth-order valence-corrected chi connectivity index (χ4v) is 3.95. The van der Waals surface area contributed by atoms with Gasteiger partial charge in [0.25, 0.3) is 10.0 Å². The third-order valence-corrected chi connectivity index (χ3v) is 5.85. The van der Waals surface area contributed by atoms with Crippen molar-refractivity contribution >= 4 is 21.7 Å². The number of alkyl halides is 2. The number of ether oxygens (including phenoxy) is 1. The fourth-order valence-electron chi connectivity index (χ4n) is 2.63. The van der Waals surface area contributed by atoms with Gasteiger partial charge in [-0.2, -0.15) is 18.2 Å². The van der Waals surface area contributed by atoms with Gasteiger partial charge < -0.3 is 15.0 Å². The molecule has 28 heavy (non-hydrogen) atoms. The van der Waals surface area contributed by atoms with Crippen LogP contribution < -0.4 is 10.1 Å². The van der Waals surface area contributed by atoms with E-state index < -0.39 is 34.2 Å². The van der Waals surface area contributed by atoms with Crippen LogP contribution in [0.5, 0.6) is 5.75 Å². The molecule has 1 aromatic heterocycles. The lowest BCUT2D eigenvalue weighted by atomic mass is 10.3. The average molecular weight is 419 g/mol. The Hall–Kier alpha value is -2.80. The van der Waals surface area contributed by atoms with Crippen molar-refractivity contribution in [3.63, 3.8) is 0 Å². The lowest BCUT2D eigenvalue weighted by molar-refractivity contribution is -0.0521. The molecule has 0 spiro atoms. The molecule has 1 aromatic carbocycles. The van der Waals surface area contributed by atoms with Crippen LogP contribution in [-0.2, 0) is 10.0 Å². The van der Waals surface area contributed by atoms with E-state index in [1.807, 2.05) is 0 Å². The molecule has 0 saturated carbocycles. The van der Waals surface area contributed by atoms with Gasteiger partial charge in [-0.25, -0.2) is 17.6 Å². The molecule has 0 atom stereocenters. The van der Waals surface area contributed by atoms with Crippen LogP contribution >= 0.6 is 0 Å². The zero-order chi connectivity index (χ0) is 20.3. The van der Waals surface area contributed by atoms with Crippen molar-refractivity contribution in [2.45, 2.75) is 11.6 Å². The molecule has 9 nitrogen and oxygen atoms in total. The van der Waals surface area contributed by atoms with Gasteiger partial charge in [0.15, 0.2) is 16.6 Å². The molecule has 0 radical (unpaired) electrons. The first-order valence-corrected chi connectivity index (χ1v) is 9.51. The van der Waals surface area contributed by atoms with Gasteiger partial charge in [0.1, 0.15) is 0 Å². The van der Waals surface area contributed by atoms with Crippen molar-refractivity contribution in [2.75, 3.05) is 31.5 Å². The molecule has 0 bridgehead atoms. The third-order valence-electron chi connectivity index (χ3n) is 4.02. The summed E-state index contributed by atoms with van der Waals surface area (Å²) in [7, 11) is -3.71. The molecule has 2 amide bonds. The highest BCUT2D eigenvalue weighted by molar-refractivity contribution is 7.89. The summed E-state index contributed by atoms with van der Waals surface area (Å²) in [6.45, 7) is -2.78. The summed E-state index contributed by atoms with van der Waals surface area (Å²) in [5.41, 5.74) is 0.0524. The summed E-state index contributed by atoms with van der Waals surface area (Å²) >= 11 is 0. The molecule has 1 fully saturated rings. The van der Waals surface area contributed by atoms with Crippen LogP contribution in [0.2, 0.25) is 0 Å². The number of aromatic amines is 1. The van der Waals surface area contributed by atoms with Gasteiger partial charge in [0, 0.05) is 37.9 Å². The maximum absolute atomic E-state index is 13.7. The van der Waals surface area contributed by atoms with Gasteiger partial charge in [-0.05, 0) is 18.2 Å². The van der Waals surface area contributed by atoms with Crippen molar-refractivity contribution in [1.82, 2.24) is 19.4 Å². The molecule has 2 N–H and O–H groups in total. The number of H-pyrrole nitrogens is 1. The molecule has 2 aromatic rings. The highest BCUT2D eigenvalue weighted by Crippen LogP contribution is 2.23. The molecular formula is C15H16F3N5O4S. The number of urea groups is 1. The predicted molar refractivity (Wildman–Crippen MR) is 91.0 cm³/mol. The van der Waals surface area contributed by atoms with Gasteiger partial charge in [0.2, 0.25) is 0 Å². The lowest BCUT2D eigenvalue weighted by Crippen LogP contribution is -2.51. The van der Waals surface area contributed by atoms with Crippen molar-refractivity contribution in [2.24, 2.45) is 0 Å². The highest BCUT2D eigenvalue weighted by Gasteiger charge is 2.31. The SMILES string of the molecule is O=C(Nc1ccc(OC(F)F)c(F)c1)N1CCN(S(=O)(=O)c2ccn[nH]2)CC1. The maximum atomic E-state index is 13.7. The van der Waals surface area contributed by atoms with E-state index in [0.717, 1.165) is 12.1 Å². The number of anilines is 1. The molecule has 3 rings (SSSR count). The molecule has 152 valence electrons. The monoisotopic (exact) mass is 419 g/mol. The zero-order valence-electron chi connectivity index (χ0n) is 14.3. The van der Waals surface area contributed by atoms with E-state index in [2.05, 4.69) is 20.3 Å². The number of halogens is 3. The molecule has 0 unspecified atom stereocenters. The molecule has 1 aliphatic rings. The van der Waals surface area contributed by atoms with Crippen LogP contribution in [0.15, 0.2) is 35.5 Å². The summed E-state index contributed by atoms with van der Waals surface area (Å²) in [4.78, 5) is 13.6. The highest BCUT2D eigenvalue weighted by atomic mass is 32.2. The lowest BCUT2D eigenvalue weighted by Gasteiger charge is -2.33. The topological polar surface area (TPSA) is 108 Å². The van der Waals surface area contributed by atoms with Gasteiger partial charge in [-0.3, -0.25) is 5.10 Å². The van der Waals surface area contributed by atoms with E-state index in [-0.39, 0.29) is 36.9 Å². The minimum absolute atomic E-state index is 0.0352. The Morgan fingerprint density at radius 2 is 1.93 bits per heavy atom. The average Bonchev–Trinajstić information content (AvgIpc) is 3.19.